The van der Waals surface area contributed by atoms with Gasteiger partial charge in [-0.1, -0.05) is 6.42 Å². The molecule has 3 aromatic rings. The first kappa shape index (κ1) is 24.2. The number of piperazine rings is 1. The van der Waals surface area contributed by atoms with Crippen LogP contribution in [0, 0.1) is 17.5 Å². The van der Waals surface area contributed by atoms with Crippen LogP contribution in [-0.4, -0.2) is 86.5 Å². The molecule has 0 aromatic carbocycles. The van der Waals surface area contributed by atoms with Gasteiger partial charge in [0.2, 0.25) is 5.91 Å². The standard InChI is InChI=1S/C26H31F2N9O2/c27-17-12-31-24-21(23(29)33-37(24)15-17)25(38)32-20-14-30-13-19(28)22(20)35-6-4-16(5-7-35)26(39)36-10-8-34(9-11-36)18-2-1-3-18/h12-16,18H,1-11H2,(H2,29,33)(H,32,38)/i16D,21+1. The quantitative estimate of drug-likeness (QED) is 0.504. The van der Waals surface area contributed by atoms with Gasteiger partial charge in [0.15, 0.2) is 23.1 Å². The largest absolute Gasteiger partial charge is 0.381 e. The lowest BCUT2D eigenvalue weighted by Crippen LogP contribution is -2.55. The highest BCUT2D eigenvalue weighted by molar-refractivity contribution is 6.12. The number of nitrogens with zero attached hydrogens (tertiary/aromatic N) is 7. The fraction of sp³-hybridized carbons (Fsp3) is 0.500. The summed E-state index contributed by atoms with van der Waals surface area (Å²) in [6, 6.07) is 0.638. The van der Waals surface area contributed by atoms with Gasteiger partial charge in [0.05, 0.1) is 30.5 Å². The lowest BCUT2D eigenvalue weighted by Gasteiger charge is -2.44. The van der Waals surface area contributed by atoms with Crippen LogP contribution in [0.25, 0.3) is 5.65 Å². The molecule has 1 aliphatic carbocycles. The minimum absolute atomic E-state index is 0.0475. The second kappa shape index (κ2) is 10.4. The van der Waals surface area contributed by atoms with Gasteiger partial charge in [-0.25, -0.2) is 18.3 Å². The van der Waals surface area contributed by atoms with Crippen molar-refractivity contribution in [3.05, 3.63) is 42.0 Å². The highest BCUT2D eigenvalue weighted by Crippen LogP contribution is 2.33. The minimum atomic E-state index is -1.28. The van der Waals surface area contributed by atoms with Crippen molar-refractivity contribution in [2.75, 3.05) is 55.2 Å². The SMILES string of the molecule is [2H]C1(C(=O)N2CCN(C3CCC3)CC2)CCN(c2c(F)cncc2NC(=O)[13c]2c(N)nn3cc(F)cnc23)CC1. The van der Waals surface area contributed by atoms with Crippen LogP contribution >= 0.6 is 0 Å². The van der Waals surface area contributed by atoms with E-state index in [9.17, 15) is 14.0 Å². The van der Waals surface area contributed by atoms with E-state index < -0.39 is 23.4 Å². The number of piperidine rings is 1. The van der Waals surface area contributed by atoms with Gasteiger partial charge in [0, 0.05) is 52.6 Å². The summed E-state index contributed by atoms with van der Waals surface area (Å²) in [4.78, 5) is 40.3. The molecule has 3 aromatic heterocycles. The number of pyridine rings is 1. The molecular weight excluding hydrogens is 509 g/mol. The van der Waals surface area contributed by atoms with Crippen molar-refractivity contribution in [2.45, 2.75) is 38.1 Å². The number of carbonyl (C=O) groups is 2. The topological polar surface area (TPSA) is 125 Å². The molecule has 206 valence electrons. The van der Waals surface area contributed by atoms with Crippen LogP contribution in [0.4, 0.5) is 26.0 Å². The van der Waals surface area contributed by atoms with Crippen LogP contribution in [0.5, 0.6) is 0 Å². The van der Waals surface area contributed by atoms with Crippen molar-refractivity contribution in [3.63, 3.8) is 0 Å². The average Bonchev–Trinajstić information content (AvgIpc) is 3.23. The first-order chi connectivity index (χ1) is 19.2. The number of aromatic nitrogens is 4. The maximum absolute atomic E-state index is 15.1. The predicted octanol–water partition coefficient (Wildman–Crippen LogP) is 2.15. The number of amides is 2. The van der Waals surface area contributed by atoms with E-state index in [2.05, 4.69) is 25.3 Å². The molecule has 3 aliphatic rings. The summed E-state index contributed by atoms with van der Waals surface area (Å²) < 4.78 is 38.7. The first-order valence-electron chi connectivity index (χ1n) is 13.8. The van der Waals surface area contributed by atoms with E-state index in [1.165, 1.54) is 25.5 Å². The van der Waals surface area contributed by atoms with E-state index in [0.29, 0.717) is 19.1 Å². The van der Waals surface area contributed by atoms with Crippen molar-refractivity contribution in [2.24, 2.45) is 5.89 Å². The molecule has 1 saturated carbocycles. The highest BCUT2D eigenvalue weighted by Gasteiger charge is 2.34. The molecule has 2 aliphatic heterocycles. The smallest absolute Gasteiger partial charge is 0.263 e. The van der Waals surface area contributed by atoms with Gasteiger partial charge in [-0.15, -0.1) is 5.10 Å². The summed E-state index contributed by atoms with van der Waals surface area (Å²) in [5, 5.41) is 6.57. The third kappa shape index (κ3) is 4.86. The van der Waals surface area contributed by atoms with Crippen molar-refractivity contribution >= 4 is 34.7 Å². The number of anilines is 3. The lowest BCUT2D eigenvalue weighted by atomic mass is 9.90. The maximum atomic E-state index is 15.1. The van der Waals surface area contributed by atoms with E-state index in [-0.39, 0.29) is 60.2 Å². The van der Waals surface area contributed by atoms with Crippen LogP contribution in [-0.2, 0) is 4.79 Å². The number of fused-ring (bicyclic) bond motifs is 1. The summed E-state index contributed by atoms with van der Waals surface area (Å²) in [6.07, 6.45) is 8.52. The average molecular weight is 542 g/mol. The Morgan fingerprint density at radius 1 is 1.03 bits per heavy atom. The van der Waals surface area contributed by atoms with Crippen LogP contribution < -0.4 is 16.0 Å². The second-order valence-corrected chi connectivity index (χ2v) is 10.3. The zero-order valence-electron chi connectivity index (χ0n) is 22.4. The number of carbonyl (C=O) groups excluding carboxylic acids is 2. The fourth-order valence-electron chi connectivity index (χ4n) is 5.65. The molecule has 5 heterocycles. The molecule has 6 rings (SSSR count). The number of nitrogens with one attached hydrogen (secondary N) is 1. The van der Waals surface area contributed by atoms with Crippen LogP contribution in [0.3, 0.4) is 0 Å². The van der Waals surface area contributed by atoms with Gasteiger partial charge in [0.25, 0.3) is 5.91 Å². The molecule has 3 N–H and O–H groups in total. The molecule has 13 heteroatoms. The van der Waals surface area contributed by atoms with Gasteiger partial charge in [-0.2, -0.15) is 0 Å². The number of nitrogens with two attached hydrogens (primary N) is 1. The summed E-state index contributed by atoms with van der Waals surface area (Å²) in [6.45, 7) is 3.44. The Kier molecular flexibility index (Phi) is 6.43. The molecule has 0 radical (unpaired) electrons. The van der Waals surface area contributed by atoms with Crippen molar-refractivity contribution in [3.8, 4) is 0 Å². The first-order valence-corrected chi connectivity index (χ1v) is 13.3. The van der Waals surface area contributed by atoms with Crippen LogP contribution in [0.1, 0.15) is 43.8 Å². The number of nitrogen functional groups attached to an aromatic ring is 1. The molecule has 2 amide bonds. The molecular formula is C26H31F2N9O2. The molecule has 3 fully saturated rings. The number of hydrogen-bond acceptors (Lipinski definition) is 8. The summed E-state index contributed by atoms with van der Waals surface area (Å²) in [5.74, 6) is -3.62. The van der Waals surface area contributed by atoms with Crippen molar-refractivity contribution in [1.82, 2.24) is 29.4 Å². The zero-order chi connectivity index (χ0) is 28.0. The van der Waals surface area contributed by atoms with E-state index in [0.717, 1.165) is 36.2 Å². The highest BCUT2D eigenvalue weighted by atomic mass is 19.1. The Labute approximate surface area is 225 Å². The Morgan fingerprint density at radius 3 is 2.46 bits per heavy atom. The van der Waals surface area contributed by atoms with E-state index in [1.54, 1.807) is 9.80 Å². The summed E-state index contributed by atoms with van der Waals surface area (Å²) >= 11 is 0. The monoisotopic (exact) mass is 541 g/mol. The second-order valence-electron chi connectivity index (χ2n) is 10.3. The number of hydrogen-bond donors (Lipinski definition) is 2. The van der Waals surface area contributed by atoms with Gasteiger partial charge >= 0.3 is 0 Å². The zero-order valence-corrected chi connectivity index (χ0v) is 21.4. The lowest BCUT2D eigenvalue weighted by molar-refractivity contribution is -0.138. The Hall–Kier alpha value is -3.87. The minimum Gasteiger partial charge on any atom is -0.381 e. The molecule has 0 bridgehead atoms. The summed E-state index contributed by atoms with van der Waals surface area (Å²) in [7, 11) is 0. The Morgan fingerprint density at radius 2 is 1.77 bits per heavy atom. The molecule has 0 atom stereocenters. The Bertz CT molecular complexity index is 1450. The fourth-order valence-corrected chi connectivity index (χ4v) is 5.65. The summed E-state index contributed by atoms with van der Waals surface area (Å²) in [5.41, 5.74) is 6.08. The van der Waals surface area contributed by atoms with Crippen molar-refractivity contribution in [1.29, 1.82) is 0 Å². The van der Waals surface area contributed by atoms with Gasteiger partial charge in [0.1, 0.15) is 11.3 Å². The molecule has 2 saturated heterocycles. The number of halogens is 2. The number of rotatable bonds is 5. The van der Waals surface area contributed by atoms with E-state index in [1.807, 2.05) is 0 Å². The van der Waals surface area contributed by atoms with Gasteiger partial charge < -0.3 is 20.9 Å². The third-order valence-corrected chi connectivity index (χ3v) is 7.99. The normalized spacial score (nSPS) is 20.5. The van der Waals surface area contributed by atoms with Crippen molar-refractivity contribution < 1.29 is 19.7 Å². The van der Waals surface area contributed by atoms with Gasteiger partial charge in [-0.05, 0) is 25.7 Å². The molecule has 0 spiro atoms. The third-order valence-electron chi connectivity index (χ3n) is 7.99. The van der Waals surface area contributed by atoms with E-state index >= 15 is 4.39 Å². The van der Waals surface area contributed by atoms with Crippen LogP contribution in [0.15, 0.2) is 24.8 Å². The van der Waals surface area contributed by atoms with Crippen LogP contribution in [0.2, 0.25) is 0 Å². The maximum Gasteiger partial charge on any atom is 0.263 e. The molecule has 11 nitrogen and oxygen atoms in total. The van der Waals surface area contributed by atoms with Gasteiger partial charge in [-0.3, -0.25) is 19.5 Å². The predicted molar refractivity (Wildman–Crippen MR) is 140 cm³/mol. The Balaban J connectivity index is 1.14. The molecule has 39 heavy (non-hydrogen) atoms. The van der Waals surface area contributed by atoms with E-state index in [4.69, 9.17) is 7.10 Å². The molecule has 0 unspecified atom stereocenters.